The Morgan fingerprint density at radius 2 is 1.90 bits per heavy atom. The third kappa shape index (κ3) is 5.86. The van der Waals surface area contributed by atoms with E-state index in [0.717, 1.165) is 30.6 Å². The Labute approximate surface area is 172 Å². The largest absolute Gasteiger partial charge is 0.497 e. The number of carbonyl (C=O) groups excluding carboxylic acids is 1. The van der Waals surface area contributed by atoms with Gasteiger partial charge in [-0.15, -0.1) is 0 Å². The molecule has 0 radical (unpaired) electrons. The molecule has 150 valence electrons. The quantitative estimate of drug-likeness (QED) is 0.580. The SMILES string of the molecule is COc1cccc(CN/C=C(/C#N)C(=O)N2CCC(Cc3ccccc3)CC2)c1. The van der Waals surface area contributed by atoms with Crippen LogP contribution in [0.15, 0.2) is 66.4 Å². The van der Waals surface area contributed by atoms with E-state index in [2.05, 4.69) is 29.6 Å². The van der Waals surface area contributed by atoms with Crippen LogP contribution in [0.3, 0.4) is 0 Å². The maximum Gasteiger partial charge on any atom is 0.265 e. The summed E-state index contributed by atoms with van der Waals surface area (Å²) in [5.41, 5.74) is 2.51. The summed E-state index contributed by atoms with van der Waals surface area (Å²) in [6.07, 6.45) is 4.51. The number of ether oxygens (including phenoxy) is 1. The number of carbonyl (C=O) groups is 1. The van der Waals surface area contributed by atoms with Gasteiger partial charge in [-0.05, 0) is 48.4 Å². The van der Waals surface area contributed by atoms with E-state index in [1.54, 1.807) is 12.0 Å². The zero-order chi connectivity index (χ0) is 20.5. The van der Waals surface area contributed by atoms with Crippen molar-refractivity contribution in [1.82, 2.24) is 10.2 Å². The highest BCUT2D eigenvalue weighted by Gasteiger charge is 2.25. The fraction of sp³-hybridized carbons (Fsp3) is 0.333. The summed E-state index contributed by atoms with van der Waals surface area (Å²) >= 11 is 0. The topological polar surface area (TPSA) is 65.4 Å². The van der Waals surface area contributed by atoms with Crippen molar-refractivity contribution in [3.05, 3.63) is 77.5 Å². The predicted molar refractivity (Wildman–Crippen MR) is 113 cm³/mol. The van der Waals surface area contributed by atoms with E-state index in [1.165, 1.54) is 11.8 Å². The van der Waals surface area contributed by atoms with Crippen LogP contribution in [-0.4, -0.2) is 31.0 Å². The molecule has 0 spiro atoms. The molecule has 0 atom stereocenters. The van der Waals surface area contributed by atoms with Crippen molar-refractivity contribution in [2.45, 2.75) is 25.8 Å². The van der Waals surface area contributed by atoms with E-state index >= 15 is 0 Å². The number of piperidine rings is 1. The summed E-state index contributed by atoms with van der Waals surface area (Å²) < 4.78 is 5.21. The van der Waals surface area contributed by atoms with Crippen LogP contribution < -0.4 is 10.1 Å². The van der Waals surface area contributed by atoms with E-state index in [0.29, 0.717) is 25.6 Å². The second-order valence-corrected chi connectivity index (χ2v) is 7.33. The van der Waals surface area contributed by atoms with Gasteiger partial charge in [0, 0.05) is 25.8 Å². The van der Waals surface area contributed by atoms with Crippen LogP contribution in [-0.2, 0) is 17.8 Å². The number of hydrogen-bond donors (Lipinski definition) is 1. The number of methoxy groups -OCH3 is 1. The summed E-state index contributed by atoms with van der Waals surface area (Å²) in [6.45, 7) is 1.92. The molecule has 5 nitrogen and oxygen atoms in total. The number of benzene rings is 2. The van der Waals surface area contributed by atoms with Gasteiger partial charge >= 0.3 is 0 Å². The molecule has 3 rings (SSSR count). The molecule has 0 saturated carbocycles. The van der Waals surface area contributed by atoms with Gasteiger partial charge in [-0.1, -0.05) is 42.5 Å². The summed E-state index contributed by atoms with van der Waals surface area (Å²) in [7, 11) is 1.63. The first kappa shape index (κ1) is 20.5. The third-order valence-corrected chi connectivity index (χ3v) is 5.31. The van der Waals surface area contributed by atoms with Crippen molar-refractivity contribution in [3.63, 3.8) is 0 Å². The average molecular weight is 389 g/mol. The fourth-order valence-corrected chi connectivity index (χ4v) is 3.65. The van der Waals surface area contributed by atoms with Crippen LogP contribution in [0.25, 0.3) is 0 Å². The van der Waals surface area contributed by atoms with Crippen molar-refractivity contribution >= 4 is 5.91 Å². The van der Waals surface area contributed by atoms with Crippen molar-refractivity contribution in [3.8, 4) is 11.8 Å². The van der Waals surface area contributed by atoms with Gasteiger partial charge in [-0.2, -0.15) is 5.26 Å². The second-order valence-electron chi connectivity index (χ2n) is 7.33. The Bertz CT molecular complexity index is 878. The molecule has 1 aliphatic heterocycles. The van der Waals surface area contributed by atoms with Crippen molar-refractivity contribution < 1.29 is 9.53 Å². The van der Waals surface area contributed by atoms with E-state index in [4.69, 9.17) is 4.74 Å². The zero-order valence-electron chi connectivity index (χ0n) is 16.8. The second kappa shape index (κ2) is 10.3. The Kier molecular flexibility index (Phi) is 7.29. The highest BCUT2D eigenvalue weighted by Crippen LogP contribution is 2.22. The molecule has 1 amide bonds. The molecule has 5 heteroatoms. The first-order valence-electron chi connectivity index (χ1n) is 9.99. The molecule has 2 aromatic carbocycles. The Morgan fingerprint density at radius 3 is 2.59 bits per heavy atom. The minimum absolute atomic E-state index is 0.148. The lowest BCUT2D eigenvalue weighted by Crippen LogP contribution is -2.39. The van der Waals surface area contributed by atoms with Gasteiger partial charge in [-0.25, -0.2) is 0 Å². The van der Waals surface area contributed by atoms with E-state index in [9.17, 15) is 10.1 Å². The van der Waals surface area contributed by atoms with Crippen LogP contribution in [0, 0.1) is 17.2 Å². The maximum atomic E-state index is 12.7. The molecule has 1 saturated heterocycles. The summed E-state index contributed by atoms with van der Waals surface area (Å²) in [5, 5.41) is 12.5. The predicted octanol–water partition coefficient (Wildman–Crippen LogP) is 3.67. The molecule has 1 aliphatic rings. The Hall–Kier alpha value is -3.26. The lowest BCUT2D eigenvalue weighted by Gasteiger charge is -2.32. The monoisotopic (exact) mass is 389 g/mol. The highest BCUT2D eigenvalue weighted by atomic mass is 16.5. The maximum absolute atomic E-state index is 12.7. The number of hydrogen-bond acceptors (Lipinski definition) is 4. The standard InChI is InChI=1S/C24H27N3O2/c1-29-23-9-5-8-21(15-23)17-26-18-22(16-25)24(28)27-12-10-20(11-13-27)14-19-6-3-2-4-7-19/h2-9,15,18,20,26H,10-14,17H2,1H3/b22-18-. The average Bonchev–Trinajstić information content (AvgIpc) is 2.78. The van der Waals surface area contributed by atoms with Gasteiger partial charge in [0.15, 0.2) is 0 Å². The van der Waals surface area contributed by atoms with Gasteiger partial charge in [0.25, 0.3) is 5.91 Å². The Balaban J connectivity index is 1.50. The van der Waals surface area contributed by atoms with Crippen LogP contribution in [0.5, 0.6) is 5.75 Å². The van der Waals surface area contributed by atoms with Gasteiger partial charge in [0.1, 0.15) is 17.4 Å². The van der Waals surface area contributed by atoms with Crippen LogP contribution >= 0.6 is 0 Å². The summed E-state index contributed by atoms with van der Waals surface area (Å²) in [4.78, 5) is 14.5. The first-order chi connectivity index (χ1) is 14.2. The molecule has 1 N–H and O–H groups in total. The van der Waals surface area contributed by atoms with E-state index < -0.39 is 0 Å². The summed E-state index contributed by atoms with van der Waals surface area (Å²) in [5.74, 6) is 1.18. The third-order valence-electron chi connectivity index (χ3n) is 5.31. The zero-order valence-corrected chi connectivity index (χ0v) is 16.8. The van der Waals surface area contributed by atoms with Gasteiger partial charge in [0.2, 0.25) is 0 Å². The lowest BCUT2D eigenvalue weighted by molar-refractivity contribution is -0.128. The molecule has 0 unspecified atom stereocenters. The van der Waals surface area contributed by atoms with Crippen LogP contribution in [0.2, 0.25) is 0 Å². The fourth-order valence-electron chi connectivity index (χ4n) is 3.65. The number of likely N-dealkylation sites (tertiary alicyclic amines) is 1. The lowest BCUT2D eigenvalue weighted by atomic mass is 9.90. The van der Waals surface area contributed by atoms with Gasteiger partial charge < -0.3 is 15.0 Å². The molecule has 0 bridgehead atoms. The van der Waals surface area contributed by atoms with Gasteiger partial charge in [-0.3, -0.25) is 4.79 Å². The Morgan fingerprint density at radius 1 is 1.17 bits per heavy atom. The van der Waals surface area contributed by atoms with E-state index in [1.807, 2.05) is 36.4 Å². The molecular formula is C24H27N3O2. The molecule has 0 aliphatic carbocycles. The molecule has 0 aromatic heterocycles. The smallest absolute Gasteiger partial charge is 0.265 e. The van der Waals surface area contributed by atoms with E-state index in [-0.39, 0.29) is 11.5 Å². The number of nitrogens with zero attached hydrogens (tertiary/aromatic N) is 2. The minimum Gasteiger partial charge on any atom is -0.497 e. The number of amides is 1. The normalized spacial score (nSPS) is 14.9. The van der Waals surface area contributed by atoms with Gasteiger partial charge in [0.05, 0.1) is 7.11 Å². The van der Waals surface area contributed by atoms with Crippen molar-refractivity contribution in [2.24, 2.45) is 5.92 Å². The molecule has 1 heterocycles. The number of nitrogens with one attached hydrogen (secondary N) is 1. The number of rotatable bonds is 7. The van der Waals surface area contributed by atoms with Crippen molar-refractivity contribution in [2.75, 3.05) is 20.2 Å². The first-order valence-corrected chi connectivity index (χ1v) is 9.99. The number of nitriles is 1. The van der Waals surface area contributed by atoms with Crippen LogP contribution in [0.1, 0.15) is 24.0 Å². The summed E-state index contributed by atoms with van der Waals surface area (Å²) in [6, 6.07) is 20.2. The van der Waals surface area contributed by atoms with Crippen LogP contribution in [0.4, 0.5) is 0 Å². The molecule has 29 heavy (non-hydrogen) atoms. The minimum atomic E-state index is -0.191. The molecule has 2 aromatic rings. The highest BCUT2D eigenvalue weighted by molar-refractivity contribution is 5.97. The molecular weight excluding hydrogens is 362 g/mol. The van der Waals surface area contributed by atoms with Crippen molar-refractivity contribution in [1.29, 1.82) is 5.26 Å². The molecule has 1 fully saturated rings.